The van der Waals surface area contributed by atoms with Crippen molar-refractivity contribution in [3.63, 3.8) is 0 Å². The predicted octanol–water partition coefficient (Wildman–Crippen LogP) is 3.44. The second-order valence-corrected chi connectivity index (χ2v) is 5.78. The van der Waals surface area contributed by atoms with Gasteiger partial charge in [0, 0.05) is 23.7 Å². The van der Waals surface area contributed by atoms with E-state index in [0.717, 1.165) is 42.8 Å². The molecule has 1 saturated carbocycles. The van der Waals surface area contributed by atoms with Crippen LogP contribution in [0.25, 0.3) is 11.3 Å². The van der Waals surface area contributed by atoms with E-state index in [1.54, 1.807) is 0 Å². The first kappa shape index (κ1) is 13.3. The highest BCUT2D eigenvalue weighted by atomic mass is 14.9. The van der Waals surface area contributed by atoms with Crippen LogP contribution in [-0.4, -0.2) is 16.0 Å². The number of benzene rings is 1. The minimum atomic E-state index is 0.367. The number of nitrogens with zero attached hydrogens (tertiary/aromatic N) is 2. The Kier molecular flexibility index (Phi) is 3.79. The van der Waals surface area contributed by atoms with Crippen molar-refractivity contribution in [3.05, 3.63) is 47.9 Å². The maximum atomic E-state index is 5.97. The first-order chi connectivity index (χ1) is 9.72. The van der Waals surface area contributed by atoms with E-state index in [-0.39, 0.29) is 0 Å². The number of aryl methyl sites for hydroxylation is 1. The highest BCUT2D eigenvalue weighted by Gasteiger charge is 2.22. The highest BCUT2D eigenvalue weighted by molar-refractivity contribution is 5.58. The molecule has 20 heavy (non-hydrogen) atoms. The molecule has 3 rings (SSSR count). The molecule has 2 N–H and O–H groups in total. The van der Waals surface area contributed by atoms with E-state index >= 15 is 0 Å². The third-order valence-electron chi connectivity index (χ3n) is 4.16. The Morgan fingerprint density at radius 3 is 2.40 bits per heavy atom. The zero-order valence-corrected chi connectivity index (χ0v) is 11.9. The minimum absolute atomic E-state index is 0.367. The second kappa shape index (κ2) is 5.71. The van der Waals surface area contributed by atoms with Gasteiger partial charge >= 0.3 is 0 Å². The van der Waals surface area contributed by atoms with Gasteiger partial charge in [0.1, 0.15) is 5.82 Å². The number of rotatable bonds is 2. The summed E-state index contributed by atoms with van der Waals surface area (Å²) in [5, 5.41) is 0. The van der Waals surface area contributed by atoms with Crippen LogP contribution >= 0.6 is 0 Å². The van der Waals surface area contributed by atoms with Crippen molar-refractivity contribution in [1.82, 2.24) is 9.97 Å². The summed E-state index contributed by atoms with van der Waals surface area (Å²) < 4.78 is 0. The third kappa shape index (κ3) is 2.88. The number of hydrogen-bond donors (Lipinski definition) is 1. The van der Waals surface area contributed by atoms with Gasteiger partial charge in [-0.15, -0.1) is 0 Å². The number of hydrogen-bond acceptors (Lipinski definition) is 3. The standard InChI is InChI=1S/C17H21N3/c1-12-2-4-13(5-3-12)16-10-11-19-17(20-16)14-6-8-15(18)9-7-14/h2-5,10-11,14-15H,6-9,18H2,1H3. The van der Waals surface area contributed by atoms with Gasteiger partial charge in [-0.05, 0) is 38.7 Å². The van der Waals surface area contributed by atoms with Crippen LogP contribution in [0.5, 0.6) is 0 Å². The molecule has 1 aromatic heterocycles. The lowest BCUT2D eigenvalue weighted by Gasteiger charge is -2.25. The summed E-state index contributed by atoms with van der Waals surface area (Å²) in [6.07, 6.45) is 6.27. The average Bonchev–Trinajstić information content (AvgIpc) is 2.49. The largest absolute Gasteiger partial charge is 0.328 e. The third-order valence-corrected chi connectivity index (χ3v) is 4.16. The first-order valence-electron chi connectivity index (χ1n) is 7.38. The highest BCUT2D eigenvalue weighted by Crippen LogP contribution is 2.31. The summed E-state index contributed by atoms with van der Waals surface area (Å²) in [4.78, 5) is 9.25. The molecule has 0 saturated heterocycles. The summed E-state index contributed by atoms with van der Waals surface area (Å²) >= 11 is 0. The van der Waals surface area contributed by atoms with Gasteiger partial charge in [-0.25, -0.2) is 9.97 Å². The molecule has 0 radical (unpaired) electrons. The van der Waals surface area contributed by atoms with Gasteiger partial charge in [0.2, 0.25) is 0 Å². The van der Waals surface area contributed by atoms with Crippen LogP contribution in [0.4, 0.5) is 0 Å². The number of aromatic nitrogens is 2. The molecule has 0 amide bonds. The monoisotopic (exact) mass is 267 g/mol. The zero-order chi connectivity index (χ0) is 13.9. The van der Waals surface area contributed by atoms with E-state index in [0.29, 0.717) is 12.0 Å². The van der Waals surface area contributed by atoms with E-state index in [9.17, 15) is 0 Å². The van der Waals surface area contributed by atoms with E-state index in [2.05, 4.69) is 36.2 Å². The van der Waals surface area contributed by atoms with Gasteiger partial charge in [0.05, 0.1) is 5.69 Å². The fourth-order valence-corrected chi connectivity index (χ4v) is 2.83. The van der Waals surface area contributed by atoms with Gasteiger partial charge in [0.25, 0.3) is 0 Å². The van der Waals surface area contributed by atoms with Gasteiger partial charge in [-0.2, -0.15) is 0 Å². The lowest BCUT2D eigenvalue weighted by Crippen LogP contribution is -2.26. The molecule has 3 nitrogen and oxygen atoms in total. The van der Waals surface area contributed by atoms with E-state index in [1.807, 2.05) is 12.3 Å². The normalized spacial score (nSPS) is 22.7. The van der Waals surface area contributed by atoms with Crippen LogP contribution in [0.2, 0.25) is 0 Å². The summed E-state index contributed by atoms with van der Waals surface area (Å²) in [6, 6.07) is 10.8. The zero-order valence-electron chi connectivity index (χ0n) is 11.9. The minimum Gasteiger partial charge on any atom is -0.328 e. The molecule has 1 aliphatic carbocycles. The van der Waals surface area contributed by atoms with Crippen molar-refractivity contribution >= 4 is 0 Å². The van der Waals surface area contributed by atoms with Gasteiger partial charge in [0.15, 0.2) is 0 Å². The van der Waals surface area contributed by atoms with Crippen molar-refractivity contribution < 1.29 is 0 Å². The molecule has 1 aliphatic rings. The van der Waals surface area contributed by atoms with Crippen LogP contribution < -0.4 is 5.73 Å². The quantitative estimate of drug-likeness (QED) is 0.906. The topological polar surface area (TPSA) is 51.8 Å². The van der Waals surface area contributed by atoms with Crippen molar-refractivity contribution in [1.29, 1.82) is 0 Å². The molecule has 1 heterocycles. The maximum Gasteiger partial charge on any atom is 0.132 e. The molecule has 0 spiro atoms. The molecule has 0 atom stereocenters. The average molecular weight is 267 g/mol. The van der Waals surface area contributed by atoms with Crippen LogP contribution in [0.1, 0.15) is 43.0 Å². The molecular formula is C17H21N3. The van der Waals surface area contributed by atoms with Crippen LogP contribution in [-0.2, 0) is 0 Å². The predicted molar refractivity (Wildman–Crippen MR) is 81.4 cm³/mol. The summed E-state index contributed by atoms with van der Waals surface area (Å²) in [7, 11) is 0. The van der Waals surface area contributed by atoms with Crippen molar-refractivity contribution in [2.24, 2.45) is 5.73 Å². The SMILES string of the molecule is Cc1ccc(-c2ccnc(C3CCC(N)CC3)n2)cc1. The molecule has 0 bridgehead atoms. The summed E-state index contributed by atoms with van der Waals surface area (Å²) in [5.41, 5.74) is 9.41. The van der Waals surface area contributed by atoms with Crippen molar-refractivity contribution in [3.8, 4) is 11.3 Å². The smallest absolute Gasteiger partial charge is 0.132 e. The second-order valence-electron chi connectivity index (χ2n) is 5.78. The molecular weight excluding hydrogens is 246 g/mol. The molecule has 104 valence electrons. The van der Waals surface area contributed by atoms with E-state index in [4.69, 9.17) is 10.7 Å². The van der Waals surface area contributed by atoms with Crippen molar-refractivity contribution in [2.75, 3.05) is 0 Å². The van der Waals surface area contributed by atoms with Gasteiger partial charge in [-0.3, -0.25) is 0 Å². The van der Waals surface area contributed by atoms with Crippen molar-refractivity contribution in [2.45, 2.75) is 44.6 Å². The lowest BCUT2D eigenvalue weighted by atomic mass is 9.86. The Morgan fingerprint density at radius 1 is 1.00 bits per heavy atom. The maximum absolute atomic E-state index is 5.97. The molecule has 1 fully saturated rings. The summed E-state index contributed by atoms with van der Waals surface area (Å²) in [6.45, 7) is 2.10. The Bertz CT molecular complexity index is 569. The Balaban J connectivity index is 1.84. The number of nitrogens with two attached hydrogens (primary N) is 1. The summed E-state index contributed by atoms with van der Waals surface area (Å²) in [5.74, 6) is 1.45. The molecule has 1 aromatic carbocycles. The Labute approximate surface area is 120 Å². The lowest BCUT2D eigenvalue weighted by molar-refractivity contribution is 0.385. The fourth-order valence-electron chi connectivity index (χ4n) is 2.83. The van der Waals surface area contributed by atoms with Crippen LogP contribution in [0.3, 0.4) is 0 Å². The van der Waals surface area contributed by atoms with Crippen LogP contribution in [0, 0.1) is 6.92 Å². The molecule has 2 aromatic rings. The molecule has 3 heteroatoms. The first-order valence-corrected chi connectivity index (χ1v) is 7.38. The van der Waals surface area contributed by atoms with E-state index in [1.165, 1.54) is 5.56 Å². The van der Waals surface area contributed by atoms with Crippen LogP contribution in [0.15, 0.2) is 36.5 Å². The Morgan fingerprint density at radius 2 is 1.70 bits per heavy atom. The van der Waals surface area contributed by atoms with Gasteiger partial charge in [-0.1, -0.05) is 29.8 Å². The Hall–Kier alpha value is -1.74. The molecule has 0 unspecified atom stereocenters. The molecule has 0 aliphatic heterocycles. The van der Waals surface area contributed by atoms with E-state index < -0.39 is 0 Å². The van der Waals surface area contributed by atoms with Gasteiger partial charge < -0.3 is 5.73 Å². The fraction of sp³-hybridized carbons (Fsp3) is 0.412.